The lowest BCUT2D eigenvalue weighted by Gasteiger charge is -2.34. The lowest BCUT2D eigenvalue weighted by atomic mass is 9.87. The van der Waals surface area contributed by atoms with E-state index in [2.05, 4.69) is 17.0 Å². The predicted molar refractivity (Wildman–Crippen MR) is 115 cm³/mol. The second-order valence-electron chi connectivity index (χ2n) is 7.37. The summed E-state index contributed by atoms with van der Waals surface area (Å²) in [6, 6.07) is 30.1. The van der Waals surface area contributed by atoms with E-state index < -0.39 is 5.54 Å². The molecule has 0 aromatic heterocycles. The maximum Gasteiger partial charge on any atom is 0.336 e. The van der Waals surface area contributed by atoms with Gasteiger partial charge in [0, 0.05) is 12.1 Å². The summed E-state index contributed by atoms with van der Waals surface area (Å²) in [6.45, 7) is 2.51. The molecule has 0 bridgehead atoms. The van der Waals surface area contributed by atoms with Gasteiger partial charge in [0.25, 0.3) is 0 Å². The second-order valence-corrected chi connectivity index (χ2v) is 7.37. The molecule has 4 rings (SSSR count). The van der Waals surface area contributed by atoms with Gasteiger partial charge in [-0.1, -0.05) is 91.0 Å². The predicted octanol–water partition coefficient (Wildman–Crippen LogP) is 4.62. The molecule has 1 heterocycles. The summed E-state index contributed by atoms with van der Waals surface area (Å²) in [7, 11) is 1.42. The molecule has 0 aliphatic carbocycles. The molecule has 0 saturated heterocycles. The minimum atomic E-state index is -1.05. The Balaban J connectivity index is 1.88. The number of ether oxygens (including phenoxy) is 1. The van der Waals surface area contributed by atoms with E-state index in [-0.39, 0.29) is 12.0 Å². The monoisotopic (exact) mass is 384 g/mol. The van der Waals surface area contributed by atoms with Gasteiger partial charge in [-0.25, -0.2) is 9.79 Å². The number of benzene rings is 3. The number of hydrogen-bond acceptors (Lipinski definition) is 4. The van der Waals surface area contributed by atoms with E-state index in [0.717, 1.165) is 22.5 Å². The number of nitrogens with zero attached hydrogens (tertiary/aromatic N) is 2. The van der Waals surface area contributed by atoms with Crippen molar-refractivity contribution >= 4 is 11.8 Å². The second kappa shape index (κ2) is 7.92. The van der Waals surface area contributed by atoms with Crippen LogP contribution in [0.3, 0.4) is 0 Å². The average molecular weight is 384 g/mol. The molecule has 0 fully saturated rings. The maximum absolute atomic E-state index is 12.9. The Hall–Kier alpha value is -3.40. The van der Waals surface area contributed by atoms with Crippen molar-refractivity contribution in [1.29, 1.82) is 0 Å². The molecule has 0 saturated carbocycles. The third kappa shape index (κ3) is 3.54. The molecule has 0 radical (unpaired) electrons. The average Bonchev–Trinajstić information content (AvgIpc) is 3.08. The van der Waals surface area contributed by atoms with Gasteiger partial charge in [0.1, 0.15) is 5.84 Å². The first-order valence-corrected chi connectivity index (χ1v) is 9.72. The molecule has 0 amide bonds. The SMILES string of the molecule is COC(=O)[C@@]1(C)N=C(c2ccccc2)N(Cc2ccccc2)[C@H]1c1ccccc1. The van der Waals surface area contributed by atoms with Crippen molar-refractivity contribution in [2.75, 3.05) is 7.11 Å². The number of amidine groups is 1. The lowest BCUT2D eigenvalue weighted by molar-refractivity contribution is -0.147. The zero-order valence-corrected chi connectivity index (χ0v) is 16.7. The third-order valence-electron chi connectivity index (χ3n) is 5.40. The Morgan fingerprint density at radius 2 is 1.48 bits per heavy atom. The zero-order chi connectivity index (χ0) is 20.3. The Labute approximate surface area is 171 Å². The standard InChI is InChI=1S/C25H24N2O2/c1-25(24(28)29-2)22(20-14-8-4-9-15-20)27(18-19-12-6-3-7-13-19)23(26-25)21-16-10-5-11-17-21/h3-17,22H,18H2,1-2H3/t22-,25-/m0/s1. The highest BCUT2D eigenvalue weighted by molar-refractivity contribution is 6.04. The molecule has 1 aliphatic heterocycles. The van der Waals surface area contributed by atoms with Crippen LogP contribution in [0.2, 0.25) is 0 Å². The van der Waals surface area contributed by atoms with Crippen LogP contribution in [0.15, 0.2) is 96.0 Å². The minimum Gasteiger partial charge on any atom is -0.467 e. The summed E-state index contributed by atoms with van der Waals surface area (Å²) in [5.74, 6) is 0.464. The molecule has 0 spiro atoms. The van der Waals surface area contributed by atoms with Crippen LogP contribution in [0.4, 0.5) is 0 Å². The Morgan fingerprint density at radius 1 is 0.931 bits per heavy atom. The van der Waals surface area contributed by atoms with Crippen LogP contribution < -0.4 is 0 Å². The third-order valence-corrected chi connectivity index (χ3v) is 5.40. The summed E-state index contributed by atoms with van der Waals surface area (Å²) in [4.78, 5) is 20.1. The highest BCUT2D eigenvalue weighted by atomic mass is 16.5. The fourth-order valence-electron chi connectivity index (χ4n) is 4.04. The van der Waals surface area contributed by atoms with E-state index in [1.54, 1.807) is 0 Å². The molecule has 4 heteroatoms. The van der Waals surface area contributed by atoms with Crippen LogP contribution in [0.1, 0.15) is 29.7 Å². The van der Waals surface area contributed by atoms with Crippen molar-refractivity contribution in [2.45, 2.75) is 25.0 Å². The molecule has 0 unspecified atom stereocenters. The maximum atomic E-state index is 12.9. The molecule has 3 aromatic carbocycles. The number of carbonyl (C=O) groups is 1. The molecule has 1 aliphatic rings. The van der Waals surface area contributed by atoms with Crippen LogP contribution in [-0.2, 0) is 16.1 Å². The van der Waals surface area contributed by atoms with Gasteiger partial charge < -0.3 is 9.64 Å². The number of esters is 1. The van der Waals surface area contributed by atoms with E-state index in [0.29, 0.717) is 6.54 Å². The molecule has 29 heavy (non-hydrogen) atoms. The highest BCUT2D eigenvalue weighted by Gasteiger charge is 2.52. The van der Waals surface area contributed by atoms with Crippen molar-refractivity contribution in [3.63, 3.8) is 0 Å². The van der Waals surface area contributed by atoms with Crippen molar-refractivity contribution in [3.8, 4) is 0 Å². The highest BCUT2D eigenvalue weighted by Crippen LogP contribution is 2.43. The van der Waals surface area contributed by atoms with Crippen LogP contribution in [-0.4, -0.2) is 29.4 Å². The van der Waals surface area contributed by atoms with Gasteiger partial charge in [0.15, 0.2) is 5.54 Å². The molecule has 146 valence electrons. The first-order chi connectivity index (χ1) is 14.1. The quantitative estimate of drug-likeness (QED) is 0.603. The first-order valence-electron chi connectivity index (χ1n) is 9.72. The normalized spacial score (nSPS) is 21.0. The van der Waals surface area contributed by atoms with Crippen molar-refractivity contribution in [1.82, 2.24) is 4.90 Å². The summed E-state index contributed by atoms with van der Waals surface area (Å²) in [6.07, 6.45) is 0. The number of rotatable bonds is 5. The van der Waals surface area contributed by atoms with Crippen LogP contribution in [0.25, 0.3) is 0 Å². The minimum absolute atomic E-state index is 0.272. The van der Waals surface area contributed by atoms with Crippen molar-refractivity contribution in [2.24, 2.45) is 4.99 Å². The van der Waals surface area contributed by atoms with E-state index in [4.69, 9.17) is 9.73 Å². The number of hydrogen-bond donors (Lipinski definition) is 0. The van der Waals surface area contributed by atoms with E-state index >= 15 is 0 Å². The van der Waals surface area contributed by atoms with Gasteiger partial charge in [-0.3, -0.25) is 0 Å². The fourth-order valence-corrected chi connectivity index (χ4v) is 4.04. The lowest BCUT2D eigenvalue weighted by Crippen LogP contribution is -2.44. The summed E-state index contributed by atoms with van der Waals surface area (Å²) in [5.41, 5.74) is 2.13. The van der Waals surface area contributed by atoms with Gasteiger partial charge >= 0.3 is 5.97 Å². The summed E-state index contributed by atoms with van der Waals surface area (Å²) >= 11 is 0. The van der Waals surface area contributed by atoms with E-state index in [9.17, 15) is 4.79 Å². The van der Waals surface area contributed by atoms with Crippen LogP contribution >= 0.6 is 0 Å². The molecule has 4 nitrogen and oxygen atoms in total. The van der Waals surface area contributed by atoms with E-state index in [1.807, 2.05) is 85.8 Å². The number of aliphatic imine (C=N–C) groups is 1. The molecule has 2 atom stereocenters. The van der Waals surface area contributed by atoms with Gasteiger partial charge in [-0.2, -0.15) is 0 Å². The fraction of sp³-hybridized carbons (Fsp3) is 0.200. The van der Waals surface area contributed by atoms with Gasteiger partial charge in [0.05, 0.1) is 13.2 Å². The number of carbonyl (C=O) groups excluding carboxylic acids is 1. The van der Waals surface area contributed by atoms with Crippen LogP contribution in [0, 0.1) is 0 Å². The topological polar surface area (TPSA) is 41.9 Å². The van der Waals surface area contributed by atoms with Crippen molar-refractivity contribution < 1.29 is 9.53 Å². The smallest absolute Gasteiger partial charge is 0.336 e. The summed E-state index contributed by atoms with van der Waals surface area (Å²) < 4.78 is 5.20. The molecule has 0 N–H and O–H groups in total. The Morgan fingerprint density at radius 3 is 2.07 bits per heavy atom. The van der Waals surface area contributed by atoms with Crippen LogP contribution in [0.5, 0.6) is 0 Å². The van der Waals surface area contributed by atoms with Gasteiger partial charge in [-0.05, 0) is 18.1 Å². The Kier molecular flexibility index (Phi) is 5.17. The molecular weight excluding hydrogens is 360 g/mol. The first kappa shape index (κ1) is 18.9. The van der Waals surface area contributed by atoms with E-state index in [1.165, 1.54) is 7.11 Å². The summed E-state index contributed by atoms with van der Waals surface area (Å²) in [5, 5.41) is 0. The molecule has 3 aromatic rings. The van der Waals surface area contributed by atoms with Crippen molar-refractivity contribution in [3.05, 3.63) is 108 Å². The number of methoxy groups -OCH3 is 1. The largest absolute Gasteiger partial charge is 0.467 e. The molecular formula is C25H24N2O2. The van der Waals surface area contributed by atoms with Gasteiger partial charge in [0.2, 0.25) is 0 Å². The zero-order valence-electron chi connectivity index (χ0n) is 16.7. The van der Waals surface area contributed by atoms with Gasteiger partial charge in [-0.15, -0.1) is 0 Å². The Bertz CT molecular complexity index is 1000.